The third-order valence-electron chi connectivity index (χ3n) is 4.06. The minimum atomic E-state index is -0.102. The van der Waals surface area contributed by atoms with Gasteiger partial charge in [0, 0.05) is 19.6 Å². The van der Waals surface area contributed by atoms with Crippen molar-refractivity contribution in [3.63, 3.8) is 0 Å². The molecule has 22 heavy (non-hydrogen) atoms. The summed E-state index contributed by atoms with van der Waals surface area (Å²) in [6, 6.07) is 1.59. The van der Waals surface area contributed by atoms with E-state index in [9.17, 15) is 9.59 Å². The average molecular weight is 304 g/mol. The van der Waals surface area contributed by atoms with Crippen LogP contribution in [0.15, 0.2) is 18.5 Å². The van der Waals surface area contributed by atoms with Crippen molar-refractivity contribution in [2.45, 2.75) is 26.0 Å². The van der Waals surface area contributed by atoms with Crippen molar-refractivity contribution in [3.05, 3.63) is 24.0 Å². The first-order valence-corrected chi connectivity index (χ1v) is 7.53. The molecule has 0 radical (unpaired) electrons. The SMILES string of the molecule is CC(C)CN1C(=O)COC2CN(C(=O)c3ccnnc3)CC21. The van der Waals surface area contributed by atoms with E-state index in [1.54, 1.807) is 11.0 Å². The van der Waals surface area contributed by atoms with Crippen LogP contribution >= 0.6 is 0 Å². The highest BCUT2D eigenvalue weighted by atomic mass is 16.5. The summed E-state index contributed by atoms with van der Waals surface area (Å²) in [4.78, 5) is 28.2. The van der Waals surface area contributed by atoms with Gasteiger partial charge < -0.3 is 14.5 Å². The number of ether oxygens (including phenoxy) is 1. The van der Waals surface area contributed by atoms with Crippen LogP contribution in [0.1, 0.15) is 24.2 Å². The number of hydrogen-bond acceptors (Lipinski definition) is 5. The average Bonchev–Trinajstić information content (AvgIpc) is 2.94. The highest BCUT2D eigenvalue weighted by Gasteiger charge is 2.44. The van der Waals surface area contributed by atoms with Crippen molar-refractivity contribution in [1.29, 1.82) is 0 Å². The smallest absolute Gasteiger partial charge is 0.255 e. The molecule has 7 nitrogen and oxygen atoms in total. The third kappa shape index (κ3) is 2.81. The molecular weight excluding hydrogens is 284 g/mol. The first-order valence-electron chi connectivity index (χ1n) is 7.53. The van der Waals surface area contributed by atoms with Gasteiger partial charge in [0.15, 0.2) is 0 Å². The van der Waals surface area contributed by atoms with Crippen LogP contribution < -0.4 is 0 Å². The quantitative estimate of drug-likeness (QED) is 0.796. The molecule has 1 aromatic heterocycles. The molecule has 2 unspecified atom stereocenters. The van der Waals surface area contributed by atoms with E-state index in [0.29, 0.717) is 31.1 Å². The summed E-state index contributed by atoms with van der Waals surface area (Å²) in [5.41, 5.74) is 0.510. The van der Waals surface area contributed by atoms with Crippen LogP contribution in [0.2, 0.25) is 0 Å². The number of likely N-dealkylation sites (tertiary alicyclic amines) is 1. The summed E-state index contributed by atoms with van der Waals surface area (Å²) in [5, 5.41) is 7.42. The largest absolute Gasteiger partial charge is 0.364 e. The number of carbonyl (C=O) groups is 2. The maximum Gasteiger partial charge on any atom is 0.255 e. The molecule has 0 bridgehead atoms. The molecule has 3 rings (SSSR count). The lowest BCUT2D eigenvalue weighted by Crippen LogP contribution is -2.55. The van der Waals surface area contributed by atoms with E-state index >= 15 is 0 Å². The monoisotopic (exact) mass is 304 g/mol. The number of nitrogens with zero attached hydrogens (tertiary/aromatic N) is 4. The van der Waals surface area contributed by atoms with Gasteiger partial charge >= 0.3 is 0 Å². The zero-order chi connectivity index (χ0) is 15.7. The maximum atomic E-state index is 12.5. The molecule has 2 amide bonds. The normalized spacial score (nSPS) is 24.8. The van der Waals surface area contributed by atoms with E-state index in [4.69, 9.17) is 4.74 Å². The molecule has 2 aliphatic heterocycles. The first kappa shape index (κ1) is 14.9. The Kier molecular flexibility index (Phi) is 4.06. The Morgan fingerprint density at radius 3 is 2.91 bits per heavy atom. The fraction of sp³-hybridized carbons (Fsp3) is 0.600. The molecular formula is C15H20N4O3. The number of carbonyl (C=O) groups excluding carboxylic acids is 2. The van der Waals surface area contributed by atoms with E-state index in [0.717, 1.165) is 0 Å². The van der Waals surface area contributed by atoms with Crippen molar-refractivity contribution in [2.75, 3.05) is 26.2 Å². The van der Waals surface area contributed by atoms with Gasteiger partial charge in [-0.1, -0.05) is 13.8 Å². The van der Waals surface area contributed by atoms with E-state index in [1.165, 1.54) is 12.4 Å². The highest BCUT2D eigenvalue weighted by molar-refractivity contribution is 5.94. The molecule has 118 valence electrons. The van der Waals surface area contributed by atoms with Gasteiger partial charge in [-0.15, -0.1) is 0 Å². The third-order valence-corrected chi connectivity index (χ3v) is 4.06. The van der Waals surface area contributed by atoms with Crippen molar-refractivity contribution in [3.8, 4) is 0 Å². The van der Waals surface area contributed by atoms with Crippen LogP contribution in [0, 0.1) is 5.92 Å². The molecule has 0 aliphatic carbocycles. The molecule has 0 saturated carbocycles. The van der Waals surface area contributed by atoms with E-state index < -0.39 is 0 Å². The summed E-state index contributed by atoms with van der Waals surface area (Å²) in [6.45, 7) is 5.98. The fourth-order valence-corrected chi connectivity index (χ4v) is 3.06. The number of fused-ring (bicyclic) bond motifs is 1. The van der Waals surface area contributed by atoms with Crippen LogP contribution in [-0.4, -0.2) is 70.2 Å². The number of rotatable bonds is 3. The summed E-state index contributed by atoms with van der Waals surface area (Å²) in [5.74, 6) is 0.302. The minimum absolute atomic E-state index is 0.00910. The standard InChI is InChI=1S/C15H20N4O3/c1-10(2)6-19-12-7-18(8-13(12)22-9-14(19)20)15(21)11-3-4-16-17-5-11/h3-5,10,12-13H,6-9H2,1-2H3. The van der Waals surface area contributed by atoms with Crippen LogP contribution in [0.5, 0.6) is 0 Å². The molecule has 0 spiro atoms. The predicted octanol–water partition coefficient (Wildman–Crippen LogP) is 0.184. The first-order chi connectivity index (χ1) is 10.6. The van der Waals surface area contributed by atoms with Crippen molar-refractivity contribution >= 4 is 11.8 Å². The molecule has 2 atom stereocenters. The Hall–Kier alpha value is -2.02. The number of morpholine rings is 1. The molecule has 1 aromatic rings. The molecule has 3 heterocycles. The Labute approximate surface area is 129 Å². The van der Waals surface area contributed by atoms with Crippen molar-refractivity contribution in [1.82, 2.24) is 20.0 Å². The van der Waals surface area contributed by atoms with Gasteiger partial charge in [-0.25, -0.2) is 0 Å². The van der Waals surface area contributed by atoms with Gasteiger partial charge in [-0.05, 0) is 12.0 Å². The highest BCUT2D eigenvalue weighted by Crippen LogP contribution is 2.25. The molecule has 2 fully saturated rings. The second kappa shape index (κ2) is 6.00. The fourth-order valence-electron chi connectivity index (χ4n) is 3.06. The Balaban J connectivity index is 1.74. The topological polar surface area (TPSA) is 75.6 Å². The lowest BCUT2D eigenvalue weighted by Gasteiger charge is -2.37. The molecule has 0 N–H and O–H groups in total. The summed E-state index contributed by atoms with van der Waals surface area (Å²) < 4.78 is 5.63. The Morgan fingerprint density at radius 2 is 2.23 bits per heavy atom. The lowest BCUT2D eigenvalue weighted by atomic mass is 10.1. The Morgan fingerprint density at radius 1 is 1.41 bits per heavy atom. The van der Waals surface area contributed by atoms with E-state index in [1.807, 2.05) is 4.90 Å². The molecule has 2 saturated heterocycles. The Bertz CT molecular complexity index is 563. The van der Waals surface area contributed by atoms with E-state index in [-0.39, 0.29) is 30.6 Å². The number of aromatic nitrogens is 2. The maximum absolute atomic E-state index is 12.5. The molecule has 2 aliphatic rings. The van der Waals surface area contributed by atoms with Crippen molar-refractivity contribution < 1.29 is 14.3 Å². The van der Waals surface area contributed by atoms with Gasteiger partial charge in [0.25, 0.3) is 5.91 Å². The molecule has 7 heteroatoms. The molecule has 0 aromatic carbocycles. The summed E-state index contributed by atoms with van der Waals surface area (Å²) in [7, 11) is 0. The lowest BCUT2D eigenvalue weighted by molar-refractivity contribution is -0.153. The summed E-state index contributed by atoms with van der Waals surface area (Å²) in [6.07, 6.45) is 2.86. The van der Waals surface area contributed by atoms with Crippen LogP contribution in [0.3, 0.4) is 0 Å². The van der Waals surface area contributed by atoms with Crippen molar-refractivity contribution in [2.24, 2.45) is 5.92 Å². The van der Waals surface area contributed by atoms with Gasteiger partial charge in [0.1, 0.15) is 6.61 Å². The second-order valence-electron chi connectivity index (χ2n) is 6.20. The van der Waals surface area contributed by atoms with Gasteiger partial charge in [-0.3, -0.25) is 9.59 Å². The van der Waals surface area contributed by atoms with Crippen LogP contribution in [0.25, 0.3) is 0 Å². The second-order valence-corrected chi connectivity index (χ2v) is 6.20. The predicted molar refractivity (Wildman–Crippen MR) is 78.0 cm³/mol. The number of hydrogen-bond donors (Lipinski definition) is 0. The zero-order valence-corrected chi connectivity index (χ0v) is 12.8. The van der Waals surface area contributed by atoms with Gasteiger partial charge in [0.05, 0.1) is 30.1 Å². The van der Waals surface area contributed by atoms with E-state index in [2.05, 4.69) is 24.0 Å². The summed E-state index contributed by atoms with van der Waals surface area (Å²) >= 11 is 0. The minimum Gasteiger partial charge on any atom is -0.364 e. The van der Waals surface area contributed by atoms with Gasteiger partial charge in [0.2, 0.25) is 5.91 Å². The zero-order valence-electron chi connectivity index (χ0n) is 12.8. The van der Waals surface area contributed by atoms with Crippen LogP contribution in [0.4, 0.5) is 0 Å². The van der Waals surface area contributed by atoms with Crippen LogP contribution in [-0.2, 0) is 9.53 Å². The number of amides is 2. The van der Waals surface area contributed by atoms with Gasteiger partial charge in [-0.2, -0.15) is 10.2 Å².